The van der Waals surface area contributed by atoms with Gasteiger partial charge in [0.05, 0.1) is 31.6 Å². The van der Waals surface area contributed by atoms with Crippen molar-refractivity contribution in [3.05, 3.63) is 23.5 Å². The summed E-state index contributed by atoms with van der Waals surface area (Å²) in [6.07, 6.45) is 3.55. The molecule has 0 fully saturated rings. The maximum Gasteiger partial charge on any atom is 0.357 e. The predicted octanol–water partition coefficient (Wildman–Crippen LogP) is 1.91. The lowest BCUT2D eigenvalue weighted by Crippen LogP contribution is -2.05. The maximum absolute atomic E-state index is 11.5. The van der Waals surface area contributed by atoms with Gasteiger partial charge in [0.15, 0.2) is 10.8 Å². The second-order valence-corrected chi connectivity index (χ2v) is 4.73. The van der Waals surface area contributed by atoms with E-state index in [1.165, 1.54) is 11.3 Å². The first-order chi connectivity index (χ1) is 9.72. The number of anilines is 2. The molecule has 0 amide bonds. The lowest BCUT2D eigenvalue weighted by atomic mass is 10.5. The molecule has 2 heterocycles. The van der Waals surface area contributed by atoms with Crippen LogP contribution >= 0.6 is 11.3 Å². The number of hydrogen-bond donors (Lipinski definition) is 1. The monoisotopic (exact) mass is 296 g/mol. The number of carbonyl (C=O) groups is 1. The van der Waals surface area contributed by atoms with Crippen LogP contribution in [0.5, 0.6) is 0 Å². The SMILES string of the molecule is CCOC(=O)c1csc(Nc2cnn(CCOC)c2)n1. The van der Waals surface area contributed by atoms with E-state index in [-0.39, 0.29) is 0 Å². The topological polar surface area (TPSA) is 78.3 Å². The summed E-state index contributed by atoms with van der Waals surface area (Å²) in [6.45, 7) is 3.39. The summed E-state index contributed by atoms with van der Waals surface area (Å²) >= 11 is 1.34. The molecule has 0 bridgehead atoms. The van der Waals surface area contributed by atoms with Gasteiger partial charge in [-0.05, 0) is 6.92 Å². The molecule has 1 N–H and O–H groups in total. The van der Waals surface area contributed by atoms with Crippen molar-refractivity contribution in [1.29, 1.82) is 0 Å². The van der Waals surface area contributed by atoms with Gasteiger partial charge in [-0.2, -0.15) is 5.10 Å². The van der Waals surface area contributed by atoms with Crippen molar-refractivity contribution < 1.29 is 14.3 Å². The van der Waals surface area contributed by atoms with E-state index in [4.69, 9.17) is 9.47 Å². The number of nitrogens with zero attached hydrogens (tertiary/aromatic N) is 3. The largest absolute Gasteiger partial charge is 0.461 e. The van der Waals surface area contributed by atoms with E-state index < -0.39 is 5.97 Å². The molecular formula is C12H16N4O3S. The van der Waals surface area contributed by atoms with Crippen LogP contribution in [-0.4, -0.2) is 41.1 Å². The van der Waals surface area contributed by atoms with Gasteiger partial charge in [-0.25, -0.2) is 9.78 Å². The molecule has 20 heavy (non-hydrogen) atoms. The molecule has 0 spiro atoms. The van der Waals surface area contributed by atoms with Gasteiger partial charge in [0.2, 0.25) is 0 Å². The Morgan fingerprint density at radius 3 is 3.15 bits per heavy atom. The minimum atomic E-state index is -0.410. The minimum Gasteiger partial charge on any atom is -0.461 e. The molecular weight excluding hydrogens is 280 g/mol. The van der Waals surface area contributed by atoms with Crippen LogP contribution in [0.1, 0.15) is 17.4 Å². The Bertz CT molecular complexity index is 567. The van der Waals surface area contributed by atoms with Crippen molar-refractivity contribution in [3.63, 3.8) is 0 Å². The third kappa shape index (κ3) is 3.78. The van der Waals surface area contributed by atoms with Crippen LogP contribution in [-0.2, 0) is 16.0 Å². The number of carbonyl (C=O) groups excluding carboxylic acids is 1. The van der Waals surface area contributed by atoms with E-state index in [1.807, 2.05) is 6.20 Å². The zero-order chi connectivity index (χ0) is 14.4. The fourth-order valence-corrected chi connectivity index (χ4v) is 2.19. The zero-order valence-electron chi connectivity index (χ0n) is 11.3. The number of aromatic nitrogens is 3. The number of ether oxygens (including phenoxy) is 2. The van der Waals surface area contributed by atoms with Crippen molar-refractivity contribution in [2.45, 2.75) is 13.5 Å². The Balaban J connectivity index is 1.96. The molecule has 2 rings (SSSR count). The van der Waals surface area contributed by atoms with Crippen LogP contribution in [0.4, 0.5) is 10.8 Å². The molecule has 0 aliphatic rings. The Morgan fingerprint density at radius 2 is 2.40 bits per heavy atom. The smallest absolute Gasteiger partial charge is 0.357 e. The van der Waals surface area contributed by atoms with Crippen LogP contribution in [0.2, 0.25) is 0 Å². The number of hydrogen-bond acceptors (Lipinski definition) is 7. The summed E-state index contributed by atoms with van der Waals surface area (Å²) in [5.41, 5.74) is 1.12. The molecule has 0 aliphatic heterocycles. The molecule has 8 heteroatoms. The minimum absolute atomic E-state index is 0.311. The van der Waals surface area contributed by atoms with E-state index in [2.05, 4.69) is 15.4 Å². The summed E-state index contributed by atoms with van der Waals surface area (Å²) in [5, 5.41) is 9.56. The first kappa shape index (κ1) is 14.5. The zero-order valence-corrected chi connectivity index (χ0v) is 12.1. The molecule has 0 radical (unpaired) electrons. The van der Waals surface area contributed by atoms with E-state index in [0.29, 0.717) is 30.6 Å². The fraction of sp³-hybridized carbons (Fsp3) is 0.417. The molecule has 108 valence electrons. The van der Waals surface area contributed by atoms with Crippen molar-refractivity contribution in [3.8, 4) is 0 Å². The summed E-state index contributed by atoms with van der Waals surface area (Å²) in [6, 6.07) is 0. The summed E-state index contributed by atoms with van der Waals surface area (Å²) in [5.74, 6) is -0.410. The number of nitrogens with one attached hydrogen (secondary N) is 1. The highest BCUT2D eigenvalue weighted by atomic mass is 32.1. The van der Waals surface area contributed by atoms with Gasteiger partial charge in [-0.3, -0.25) is 4.68 Å². The van der Waals surface area contributed by atoms with E-state index >= 15 is 0 Å². The Morgan fingerprint density at radius 1 is 1.55 bits per heavy atom. The normalized spacial score (nSPS) is 10.5. The highest BCUT2D eigenvalue weighted by molar-refractivity contribution is 7.14. The van der Waals surface area contributed by atoms with Crippen LogP contribution < -0.4 is 5.32 Å². The second-order valence-electron chi connectivity index (χ2n) is 3.87. The van der Waals surface area contributed by atoms with Crippen LogP contribution in [0.25, 0.3) is 0 Å². The Labute approximate surface area is 120 Å². The quantitative estimate of drug-likeness (QED) is 0.786. The summed E-state index contributed by atoms with van der Waals surface area (Å²) < 4.78 is 11.6. The number of esters is 1. The average Bonchev–Trinajstić information content (AvgIpc) is 3.07. The van der Waals surface area contributed by atoms with Gasteiger partial charge >= 0.3 is 5.97 Å². The number of thiazole rings is 1. The molecule has 0 saturated carbocycles. The number of rotatable bonds is 7. The molecule has 2 aromatic rings. The standard InChI is InChI=1S/C12H16N4O3S/c1-3-19-11(17)10-8-20-12(15-10)14-9-6-13-16(7-9)4-5-18-2/h6-8H,3-5H2,1-2H3,(H,14,15). The second kappa shape index (κ2) is 7.01. The number of methoxy groups -OCH3 is 1. The first-order valence-electron chi connectivity index (χ1n) is 6.14. The Kier molecular flexibility index (Phi) is 5.08. The molecule has 0 aliphatic carbocycles. The van der Waals surface area contributed by atoms with E-state index in [9.17, 15) is 4.79 Å². The lowest BCUT2D eigenvalue weighted by molar-refractivity contribution is 0.0520. The van der Waals surface area contributed by atoms with Gasteiger partial charge in [0, 0.05) is 18.7 Å². The van der Waals surface area contributed by atoms with E-state index in [1.54, 1.807) is 30.3 Å². The third-order valence-corrected chi connectivity index (χ3v) is 3.16. The molecule has 0 aromatic carbocycles. The summed E-state index contributed by atoms with van der Waals surface area (Å²) in [7, 11) is 1.65. The van der Waals surface area contributed by atoms with Gasteiger partial charge in [0.25, 0.3) is 0 Å². The highest BCUT2D eigenvalue weighted by Crippen LogP contribution is 2.20. The van der Waals surface area contributed by atoms with Crippen molar-refractivity contribution in [2.24, 2.45) is 0 Å². The van der Waals surface area contributed by atoms with E-state index in [0.717, 1.165) is 5.69 Å². The van der Waals surface area contributed by atoms with Crippen LogP contribution in [0.3, 0.4) is 0 Å². The van der Waals surface area contributed by atoms with Crippen LogP contribution in [0.15, 0.2) is 17.8 Å². The molecule has 0 atom stereocenters. The van der Waals surface area contributed by atoms with Crippen molar-refractivity contribution in [2.75, 3.05) is 25.6 Å². The molecule has 0 saturated heterocycles. The molecule has 7 nitrogen and oxygen atoms in total. The summed E-state index contributed by atoms with van der Waals surface area (Å²) in [4.78, 5) is 15.7. The van der Waals surface area contributed by atoms with Gasteiger partial charge in [0.1, 0.15) is 0 Å². The van der Waals surface area contributed by atoms with Gasteiger partial charge < -0.3 is 14.8 Å². The Hall–Kier alpha value is -1.93. The lowest BCUT2D eigenvalue weighted by Gasteiger charge is -1.99. The molecule has 2 aromatic heterocycles. The predicted molar refractivity (Wildman–Crippen MR) is 75.5 cm³/mol. The van der Waals surface area contributed by atoms with Crippen molar-refractivity contribution in [1.82, 2.24) is 14.8 Å². The highest BCUT2D eigenvalue weighted by Gasteiger charge is 2.11. The van der Waals surface area contributed by atoms with Gasteiger partial charge in [-0.1, -0.05) is 0 Å². The third-order valence-electron chi connectivity index (χ3n) is 2.40. The first-order valence-corrected chi connectivity index (χ1v) is 7.02. The molecule has 0 unspecified atom stereocenters. The van der Waals surface area contributed by atoms with Crippen molar-refractivity contribution >= 4 is 28.1 Å². The van der Waals surface area contributed by atoms with Gasteiger partial charge in [-0.15, -0.1) is 11.3 Å². The average molecular weight is 296 g/mol. The van der Waals surface area contributed by atoms with Crippen LogP contribution in [0, 0.1) is 0 Å². The fourth-order valence-electron chi connectivity index (χ4n) is 1.49. The maximum atomic E-state index is 11.5.